The van der Waals surface area contributed by atoms with E-state index in [9.17, 15) is 14.4 Å². The van der Waals surface area contributed by atoms with Crippen LogP contribution >= 0.6 is 0 Å². The van der Waals surface area contributed by atoms with Crippen molar-refractivity contribution < 1.29 is 19.1 Å². The number of aromatic nitrogens is 1. The molecule has 2 aliphatic heterocycles. The number of carbonyl (C=O) groups is 3. The van der Waals surface area contributed by atoms with Gasteiger partial charge in [0.2, 0.25) is 0 Å². The first-order valence-corrected chi connectivity index (χ1v) is 8.65. The molecule has 1 aromatic rings. The number of hydrogen-bond donors (Lipinski definition) is 0. The van der Waals surface area contributed by atoms with E-state index in [1.54, 1.807) is 0 Å². The average molecular weight is 342 g/mol. The van der Waals surface area contributed by atoms with Crippen molar-refractivity contribution in [2.45, 2.75) is 39.3 Å². The molecule has 0 aromatic carbocycles. The van der Waals surface area contributed by atoms with E-state index in [2.05, 4.69) is 9.47 Å². The Labute approximate surface area is 146 Å². The van der Waals surface area contributed by atoms with Crippen LogP contribution in [0.2, 0.25) is 0 Å². The highest BCUT2D eigenvalue weighted by molar-refractivity contribution is 6.26. The smallest absolute Gasteiger partial charge is 0.317 e. The average Bonchev–Trinajstić information content (AvgIpc) is 3.02. The summed E-state index contributed by atoms with van der Waals surface area (Å²) in [6.45, 7) is 5.40. The summed E-state index contributed by atoms with van der Waals surface area (Å²) in [5.74, 6) is -1.99. The molecule has 6 nitrogen and oxygen atoms in total. The van der Waals surface area contributed by atoms with E-state index < -0.39 is 17.3 Å². The fraction of sp³-hybridized carbons (Fsp3) is 0.526. The maximum Gasteiger partial charge on any atom is 0.317 e. The van der Waals surface area contributed by atoms with E-state index in [0.29, 0.717) is 6.42 Å². The van der Waals surface area contributed by atoms with Crippen LogP contribution in [0.15, 0.2) is 29.6 Å². The van der Waals surface area contributed by atoms with Crippen LogP contribution < -0.4 is 0 Å². The number of methoxy groups -OCH3 is 1. The summed E-state index contributed by atoms with van der Waals surface area (Å²) < 4.78 is 7.02. The third-order valence-corrected chi connectivity index (χ3v) is 5.81. The lowest BCUT2D eigenvalue weighted by atomic mass is 9.65. The first-order valence-electron chi connectivity index (χ1n) is 8.65. The van der Waals surface area contributed by atoms with E-state index in [1.807, 2.05) is 32.2 Å². The lowest BCUT2D eigenvalue weighted by Gasteiger charge is -2.48. The fourth-order valence-corrected chi connectivity index (χ4v) is 4.63. The van der Waals surface area contributed by atoms with Crippen LogP contribution in [0.1, 0.15) is 38.4 Å². The number of ether oxygens (including phenoxy) is 1. The molecule has 0 saturated heterocycles. The molecule has 0 radical (unpaired) electrons. The fourth-order valence-electron chi connectivity index (χ4n) is 4.63. The van der Waals surface area contributed by atoms with Gasteiger partial charge in [-0.2, -0.15) is 0 Å². The van der Waals surface area contributed by atoms with Crippen LogP contribution in [-0.4, -0.2) is 40.7 Å². The molecule has 25 heavy (non-hydrogen) atoms. The number of fused-ring (bicyclic) bond motifs is 4. The Kier molecular flexibility index (Phi) is 3.42. The number of hydrogen-bond acceptors (Lipinski definition) is 5. The summed E-state index contributed by atoms with van der Waals surface area (Å²) in [6, 6.07) is 4.02. The van der Waals surface area contributed by atoms with Gasteiger partial charge in [0.15, 0.2) is 11.6 Å². The first kappa shape index (κ1) is 16.1. The summed E-state index contributed by atoms with van der Waals surface area (Å²) in [6.07, 6.45) is 2.84. The third-order valence-electron chi connectivity index (χ3n) is 5.81. The van der Waals surface area contributed by atoms with Crippen molar-refractivity contribution >= 4 is 17.5 Å². The molecular weight excluding hydrogens is 320 g/mol. The zero-order valence-corrected chi connectivity index (χ0v) is 14.7. The highest BCUT2D eigenvalue weighted by Crippen LogP contribution is 2.49. The number of Topliss-reactive ketones (excluding diaryl/α,β-unsaturated/α-hetero) is 2. The van der Waals surface area contributed by atoms with Gasteiger partial charge >= 0.3 is 5.97 Å². The number of esters is 1. The van der Waals surface area contributed by atoms with E-state index in [0.717, 1.165) is 24.5 Å². The summed E-state index contributed by atoms with van der Waals surface area (Å²) in [5, 5.41) is 0. The Morgan fingerprint density at radius 3 is 2.76 bits per heavy atom. The lowest BCUT2D eigenvalue weighted by molar-refractivity contribution is -0.154. The van der Waals surface area contributed by atoms with Crippen molar-refractivity contribution in [3.8, 4) is 0 Å². The summed E-state index contributed by atoms with van der Waals surface area (Å²) in [5.41, 5.74) is 1.58. The standard InChI is InChI=1S/C19H22N2O4/c1-19(2)10-13-15(17(23)16(19)18(24)25-3)14(22)9-12-11-5-4-6-20(11)7-8-21(12)13/h4-6,12,16H,7-10H2,1-3H3/t12-,16+/m0/s1. The van der Waals surface area contributed by atoms with Gasteiger partial charge in [0.1, 0.15) is 5.92 Å². The molecule has 0 bridgehead atoms. The minimum Gasteiger partial charge on any atom is -0.468 e. The molecule has 0 spiro atoms. The molecule has 132 valence electrons. The first-order chi connectivity index (χ1) is 11.8. The Morgan fingerprint density at radius 2 is 2.04 bits per heavy atom. The second kappa shape index (κ2) is 5.31. The summed E-state index contributed by atoms with van der Waals surface area (Å²) in [7, 11) is 1.28. The van der Waals surface area contributed by atoms with Gasteiger partial charge in [0.25, 0.3) is 0 Å². The zero-order chi connectivity index (χ0) is 17.9. The second-order valence-electron chi connectivity index (χ2n) is 7.77. The topological polar surface area (TPSA) is 68.6 Å². The van der Waals surface area contributed by atoms with Gasteiger partial charge in [-0.05, 0) is 24.0 Å². The van der Waals surface area contributed by atoms with E-state index in [-0.39, 0.29) is 29.6 Å². The van der Waals surface area contributed by atoms with Crippen molar-refractivity contribution in [2.24, 2.45) is 11.3 Å². The van der Waals surface area contributed by atoms with Crippen molar-refractivity contribution in [3.05, 3.63) is 35.3 Å². The van der Waals surface area contributed by atoms with E-state index >= 15 is 0 Å². The monoisotopic (exact) mass is 342 g/mol. The molecule has 1 aromatic heterocycles. The SMILES string of the molecule is COC(=O)[C@H]1C(=O)C2=C(CC1(C)C)N1CCn3cccc3[C@@H]1CC2=O. The summed E-state index contributed by atoms with van der Waals surface area (Å²) in [4.78, 5) is 40.3. The molecule has 0 saturated carbocycles. The maximum absolute atomic E-state index is 13.0. The molecule has 0 N–H and O–H groups in total. The van der Waals surface area contributed by atoms with Gasteiger partial charge in [-0.15, -0.1) is 0 Å². The largest absolute Gasteiger partial charge is 0.468 e. The molecule has 2 atom stereocenters. The van der Waals surface area contributed by atoms with Crippen LogP contribution in [0.3, 0.4) is 0 Å². The van der Waals surface area contributed by atoms with Crippen molar-refractivity contribution in [3.63, 3.8) is 0 Å². The highest BCUT2D eigenvalue weighted by Gasteiger charge is 2.52. The second-order valence-corrected chi connectivity index (χ2v) is 7.77. The van der Waals surface area contributed by atoms with Crippen LogP contribution in [0, 0.1) is 11.3 Å². The number of allylic oxidation sites excluding steroid dienone is 2. The van der Waals surface area contributed by atoms with Crippen LogP contribution in [0.4, 0.5) is 0 Å². The van der Waals surface area contributed by atoms with Gasteiger partial charge in [0, 0.05) is 37.1 Å². The molecule has 6 heteroatoms. The van der Waals surface area contributed by atoms with Crippen molar-refractivity contribution in [1.29, 1.82) is 0 Å². The number of carbonyl (C=O) groups excluding carboxylic acids is 3. The predicted octanol–water partition coefficient (Wildman–Crippen LogP) is 1.86. The molecule has 3 heterocycles. The van der Waals surface area contributed by atoms with Gasteiger partial charge in [0.05, 0.1) is 18.7 Å². The third kappa shape index (κ3) is 2.19. The maximum atomic E-state index is 13.0. The number of rotatable bonds is 1. The van der Waals surface area contributed by atoms with Gasteiger partial charge in [-0.3, -0.25) is 14.4 Å². The van der Waals surface area contributed by atoms with E-state index in [4.69, 9.17) is 4.74 Å². The predicted molar refractivity (Wildman–Crippen MR) is 89.4 cm³/mol. The molecule has 4 rings (SSSR count). The summed E-state index contributed by atoms with van der Waals surface area (Å²) >= 11 is 0. The molecule has 0 amide bonds. The minimum atomic E-state index is -0.912. The Hall–Kier alpha value is -2.37. The van der Waals surface area contributed by atoms with Gasteiger partial charge in [-0.1, -0.05) is 13.8 Å². The Bertz CT molecular complexity index is 817. The molecule has 0 unspecified atom stereocenters. The molecular formula is C19H22N2O4. The quantitative estimate of drug-likeness (QED) is 0.443. The van der Waals surface area contributed by atoms with Crippen molar-refractivity contribution in [2.75, 3.05) is 13.7 Å². The van der Waals surface area contributed by atoms with Crippen LogP contribution in [0.25, 0.3) is 0 Å². The lowest BCUT2D eigenvalue weighted by Crippen LogP contribution is -2.51. The Balaban J connectivity index is 1.81. The molecule has 1 aliphatic carbocycles. The minimum absolute atomic E-state index is 0.0201. The number of ketones is 2. The zero-order valence-electron chi connectivity index (χ0n) is 14.7. The van der Waals surface area contributed by atoms with E-state index in [1.165, 1.54) is 7.11 Å². The van der Waals surface area contributed by atoms with Crippen molar-refractivity contribution in [1.82, 2.24) is 9.47 Å². The van der Waals surface area contributed by atoms with Gasteiger partial charge < -0.3 is 14.2 Å². The van der Waals surface area contributed by atoms with Crippen LogP contribution in [0.5, 0.6) is 0 Å². The van der Waals surface area contributed by atoms with Crippen LogP contribution in [-0.2, 0) is 25.7 Å². The number of nitrogens with zero attached hydrogens (tertiary/aromatic N) is 2. The van der Waals surface area contributed by atoms with Gasteiger partial charge in [-0.25, -0.2) is 0 Å². The molecule has 0 fully saturated rings. The Morgan fingerprint density at radius 1 is 1.28 bits per heavy atom. The highest BCUT2D eigenvalue weighted by atomic mass is 16.5. The normalized spacial score (nSPS) is 27.6. The molecule has 3 aliphatic rings.